The summed E-state index contributed by atoms with van der Waals surface area (Å²) in [7, 11) is 0. The first-order valence-corrected chi connectivity index (χ1v) is 13.4. The lowest BCUT2D eigenvalue weighted by Gasteiger charge is -2.37. The maximum Gasteiger partial charge on any atom is 0.418 e. The molecule has 39 heavy (non-hydrogen) atoms. The molecule has 208 valence electrons. The van der Waals surface area contributed by atoms with Crippen molar-refractivity contribution in [2.24, 2.45) is 0 Å². The van der Waals surface area contributed by atoms with E-state index in [0.29, 0.717) is 57.3 Å². The zero-order chi connectivity index (χ0) is 27.7. The number of anilines is 1. The second-order valence-electron chi connectivity index (χ2n) is 10.1. The fourth-order valence-corrected chi connectivity index (χ4v) is 5.59. The number of hydrogen-bond acceptors (Lipinski definition) is 5. The van der Waals surface area contributed by atoms with E-state index >= 15 is 0 Å². The summed E-state index contributed by atoms with van der Waals surface area (Å²) >= 11 is 6.08. The summed E-state index contributed by atoms with van der Waals surface area (Å²) in [4.78, 5) is 17.7. The number of hydrogen-bond donors (Lipinski definition) is 1. The number of aliphatic hydroxyl groups is 1. The van der Waals surface area contributed by atoms with E-state index in [-0.39, 0.29) is 18.1 Å². The molecule has 2 aromatic carbocycles. The number of para-hydroxylation sites is 1. The molecule has 1 fully saturated rings. The monoisotopic (exact) mass is 561 g/mol. The number of nitrogens with zero attached hydrogens (tertiary/aromatic N) is 5. The van der Waals surface area contributed by atoms with Crippen molar-refractivity contribution < 1.29 is 23.1 Å². The molecule has 1 N–H and O–H groups in total. The number of rotatable bonds is 6. The Morgan fingerprint density at radius 2 is 1.72 bits per heavy atom. The molecule has 1 amide bonds. The molecule has 2 aliphatic heterocycles. The van der Waals surface area contributed by atoms with Gasteiger partial charge in [0, 0.05) is 86.7 Å². The van der Waals surface area contributed by atoms with Crippen molar-refractivity contribution >= 4 is 23.2 Å². The average molecular weight is 562 g/mol. The fraction of sp³-hybridized carbons (Fsp3) is 0.429. The highest BCUT2D eigenvalue weighted by atomic mass is 35.5. The number of halogens is 4. The van der Waals surface area contributed by atoms with Crippen molar-refractivity contribution in [1.82, 2.24) is 19.6 Å². The Bertz CT molecular complexity index is 1320. The molecule has 7 nitrogen and oxygen atoms in total. The van der Waals surface area contributed by atoms with Crippen LogP contribution in [-0.2, 0) is 30.5 Å². The number of carbonyl (C=O) groups excluding carboxylic acids is 1. The van der Waals surface area contributed by atoms with Crippen molar-refractivity contribution in [1.29, 1.82) is 0 Å². The van der Waals surface area contributed by atoms with Gasteiger partial charge < -0.3 is 14.9 Å². The molecular formula is C28H31ClF3N5O2. The summed E-state index contributed by atoms with van der Waals surface area (Å²) in [5.41, 5.74) is 3.22. The molecule has 0 saturated carbocycles. The van der Waals surface area contributed by atoms with E-state index in [1.807, 2.05) is 16.8 Å². The van der Waals surface area contributed by atoms with Crippen molar-refractivity contribution in [3.63, 3.8) is 0 Å². The summed E-state index contributed by atoms with van der Waals surface area (Å²) in [5.74, 6) is 0.00694. The first-order valence-electron chi connectivity index (χ1n) is 13.0. The molecule has 5 rings (SSSR count). The van der Waals surface area contributed by atoms with Gasteiger partial charge in [-0.2, -0.15) is 18.3 Å². The van der Waals surface area contributed by atoms with E-state index in [9.17, 15) is 23.1 Å². The standard InChI is InChI=1S/C28H31ClF3N5O2/c1-19(38)36-11-10-25-23(18-36)27(20-6-8-21(29)9-7-20)33-37(25)17-22(39)16-34-12-14-35(15-13-34)26-5-3-2-4-24(26)28(30,31)32/h2-9,22,39H,10-18H2,1H3. The molecule has 3 heterocycles. The minimum absolute atomic E-state index is 0.00694. The molecule has 3 aromatic rings. The minimum atomic E-state index is -4.40. The molecule has 1 atom stereocenters. The van der Waals surface area contributed by atoms with E-state index in [4.69, 9.17) is 16.7 Å². The lowest BCUT2D eigenvalue weighted by atomic mass is 10.0. The maximum atomic E-state index is 13.5. The van der Waals surface area contributed by atoms with Crippen LogP contribution in [0.2, 0.25) is 5.02 Å². The SMILES string of the molecule is CC(=O)N1CCc2c(c(-c3ccc(Cl)cc3)nn2CC(O)CN2CCN(c3ccccc3C(F)(F)F)CC2)C1. The van der Waals surface area contributed by atoms with Crippen LogP contribution < -0.4 is 4.90 Å². The van der Waals surface area contributed by atoms with E-state index in [2.05, 4.69) is 4.90 Å². The normalized spacial score (nSPS) is 17.3. The van der Waals surface area contributed by atoms with Crippen LogP contribution in [0.25, 0.3) is 11.3 Å². The fourth-order valence-electron chi connectivity index (χ4n) is 5.47. The number of alkyl halides is 3. The Hall–Kier alpha value is -3.08. The van der Waals surface area contributed by atoms with E-state index in [0.717, 1.165) is 28.6 Å². The Kier molecular flexibility index (Phi) is 7.89. The molecule has 0 aliphatic carbocycles. The van der Waals surface area contributed by atoms with Crippen LogP contribution in [0.4, 0.5) is 18.9 Å². The maximum absolute atomic E-state index is 13.5. The third kappa shape index (κ3) is 6.08. The Labute approximate surface area is 230 Å². The Morgan fingerprint density at radius 3 is 2.38 bits per heavy atom. The summed E-state index contributed by atoms with van der Waals surface area (Å²) < 4.78 is 42.2. The Balaban J connectivity index is 1.26. The van der Waals surface area contributed by atoms with Gasteiger partial charge in [-0.05, 0) is 24.3 Å². The molecule has 0 radical (unpaired) electrons. The van der Waals surface area contributed by atoms with Gasteiger partial charge in [0.2, 0.25) is 5.91 Å². The molecular weight excluding hydrogens is 531 g/mol. The van der Waals surface area contributed by atoms with Crippen LogP contribution in [0.5, 0.6) is 0 Å². The average Bonchev–Trinajstić information content (AvgIpc) is 3.26. The second kappa shape index (κ2) is 11.2. The third-order valence-corrected chi connectivity index (χ3v) is 7.72. The first kappa shape index (κ1) is 27.5. The highest BCUT2D eigenvalue weighted by Crippen LogP contribution is 2.37. The molecule has 0 spiro atoms. The van der Waals surface area contributed by atoms with Crippen LogP contribution in [0.15, 0.2) is 48.5 Å². The number of carbonyl (C=O) groups is 1. The number of amides is 1. The van der Waals surface area contributed by atoms with E-state index < -0.39 is 17.8 Å². The predicted molar refractivity (Wildman–Crippen MR) is 144 cm³/mol. The molecule has 0 bridgehead atoms. The number of aromatic nitrogens is 2. The van der Waals surface area contributed by atoms with Crippen LogP contribution in [0.3, 0.4) is 0 Å². The lowest BCUT2D eigenvalue weighted by molar-refractivity contribution is -0.137. The van der Waals surface area contributed by atoms with Crippen molar-refractivity contribution in [2.75, 3.05) is 44.2 Å². The van der Waals surface area contributed by atoms with Gasteiger partial charge in [-0.25, -0.2) is 0 Å². The highest BCUT2D eigenvalue weighted by Gasteiger charge is 2.35. The van der Waals surface area contributed by atoms with Crippen LogP contribution in [-0.4, -0.2) is 76.0 Å². The first-order chi connectivity index (χ1) is 18.6. The van der Waals surface area contributed by atoms with E-state index in [1.54, 1.807) is 34.9 Å². The van der Waals surface area contributed by atoms with Crippen molar-refractivity contribution in [3.05, 3.63) is 70.4 Å². The number of fused-ring (bicyclic) bond motifs is 1. The third-order valence-electron chi connectivity index (χ3n) is 7.47. The van der Waals surface area contributed by atoms with Crippen LogP contribution >= 0.6 is 11.6 Å². The van der Waals surface area contributed by atoms with Gasteiger partial charge in [0.1, 0.15) is 0 Å². The largest absolute Gasteiger partial charge is 0.418 e. The summed E-state index contributed by atoms with van der Waals surface area (Å²) in [6, 6.07) is 13.1. The van der Waals surface area contributed by atoms with Gasteiger partial charge in [0.05, 0.1) is 23.9 Å². The Morgan fingerprint density at radius 1 is 1.03 bits per heavy atom. The number of aliphatic hydroxyl groups excluding tert-OH is 1. The molecule has 1 unspecified atom stereocenters. The number of β-amino-alcohol motifs (C(OH)–C–C–N with tert-alkyl or cyclic N) is 1. The van der Waals surface area contributed by atoms with Crippen molar-refractivity contribution in [2.45, 2.75) is 38.7 Å². The van der Waals surface area contributed by atoms with Gasteiger partial charge >= 0.3 is 6.18 Å². The highest BCUT2D eigenvalue weighted by molar-refractivity contribution is 6.30. The van der Waals surface area contributed by atoms with Gasteiger partial charge in [0.25, 0.3) is 0 Å². The van der Waals surface area contributed by atoms with E-state index in [1.165, 1.54) is 12.1 Å². The quantitative estimate of drug-likeness (QED) is 0.486. The van der Waals surface area contributed by atoms with Gasteiger partial charge in [0.15, 0.2) is 0 Å². The molecule has 2 aliphatic rings. The predicted octanol–water partition coefficient (Wildman–Crippen LogP) is 4.31. The van der Waals surface area contributed by atoms with Gasteiger partial charge in [-0.3, -0.25) is 14.4 Å². The van der Waals surface area contributed by atoms with Crippen molar-refractivity contribution in [3.8, 4) is 11.3 Å². The van der Waals surface area contributed by atoms with Crippen LogP contribution in [0.1, 0.15) is 23.7 Å². The number of piperazine rings is 1. The summed E-state index contributed by atoms with van der Waals surface area (Å²) in [6.45, 7) is 5.26. The van der Waals surface area contributed by atoms with Gasteiger partial charge in [-0.15, -0.1) is 0 Å². The zero-order valence-corrected chi connectivity index (χ0v) is 22.4. The molecule has 1 saturated heterocycles. The van der Waals surface area contributed by atoms with Crippen LogP contribution in [0, 0.1) is 0 Å². The minimum Gasteiger partial charge on any atom is -0.390 e. The second-order valence-corrected chi connectivity index (χ2v) is 10.5. The molecule has 1 aromatic heterocycles. The summed E-state index contributed by atoms with van der Waals surface area (Å²) in [6.07, 6.45) is -4.48. The topological polar surface area (TPSA) is 64.8 Å². The zero-order valence-electron chi connectivity index (χ0n) is 21.7. The molecule has 11 heteroatoms. The number of benzene rings is 2. The lowest BCUT2D eigenvalue weighted by Crippen LogP contribution is -2.49. The smallest absolute Gasteiger partial charge is 0.390 e. The summed E-state index contributed by atoms with van der Waals surface area (Å²) in [5, 5.41) is 16.5. The van der Waals surface area contributed by atoms with Gasteiger partial charge in [-0.1, -0.05) is 35.9 Å².